The summed E-state index contributed by atoms with van der Waals surface area (Å²) in [6.07, 6.45) is 3.33. The van der Waals surface area contributed by atoms with E-state index in [-0.39, 0.29) is 5.78 Å². The molecule has 1 heterocycles. The molecule has 1 unspecified atom stereocenters. The van der Waals surface area contributed by atoms with E-state index in [1.807, 2.05) is 42.5 Å². The Morgan fingerprint density at radius 3 is 2.23 bits per heavy atom. The molecule has 5 heteroatoms. The van der Waals surface area contributed by atoms with Crippen LogP contribution in [0.15, 0.2) is 60.7 Å². The molecule has 3 aromatic rings. The predicted octanol–water partition coefficient (Wildman–Crippen LogP) is 6.44. The molecule has 128 valence electrons. The summed E-state index contributed by atoms with van der Waals surface area (Å²) in [5.74, 6) is -0.672. The van der Waals surface area contributed by atoms with Gasteiger partial charge in [-0.15, -0.1) is 0 Å². The zero-order valence-electron chi connectivity index (χ0n) is 13.4. The van der Waals surface area contributed by atoms with Crippen LogP contribution in [-0.2, 0) is 4.79 Å². The molecular weight excluding hydrogens is 389 g/mol. The number of rotatable bonds is 2. The van der Waals surface area contributed by atoms with Crippen LogP contribution in [0.5, 0.6) is 0 Å². The molecule has 1 atom stereocenters. The molecule has 1 aliphatic rings. The largest absolute Gasteiger partial charge is 0.294 e. The molecule has 0 bridgehead atoms. The monoisotopic (exact) mass is 399 g/mol. The highest BCUT2D eigenvalue weighted by Gasteiger charge is 2.31. The third-order valence-electron chi connectivity index (χ3n) is 4.41. The van der Waals surface area contributed by atoms with Crippen molar-refractivity contribution in [3.8, 4) is 11.1 Å². The minimum absolute atomic E-state index is 0.0783. The van der Waals surface area contributed by atoms with Crippen molar-refractivity contribution >= 4 is 46.7 Å². The third-order valence-corrected chi connectivity index (χ3v) is 5.28. The van der Waals surface area contributed by atoms with Gasteiger partial charge in [0.2, 0.25) is 0 Å². The number of allylic oxidation sites excluding steroid dienone is 1. The number of carbonyl (C=O) groups excluding carboxylic acids is 1. The molecular formula is C21H12Cl3NO. The third kappa shape index (κ3) is 2.95. The number of benzene rings is 2. The number of carbonyl (C=O) groups is 1. The normalized spacial score (nSPS) is 15.8. The average Bonchev–Trinajstić information content (AvgIpc) is 2.62. The van der Waals surface area contributed by atoms with Gasteiger partial charge in [0.05, 0.1) is 11.6 Å². The topological polar surface area (TPSA) is 30.0 Å². The summed E-state index contributed by atoms with van der Waals surface area (Å²) in [5.41, 5.74) is 3.81. The van der Waals surface area contributed by atoms with Gasteiger partial charge in [-0.2, -0.15) is 0 Å². The number of hydrogen-bond donors (Lipinski definition) is 0. The van der Waals surface area contributed by atoms with Gasteiger partial charge in [-0.25, -0.2) is 4.98 Å². The molecule has 1 aliphatic carbocycles. The van der Waals surface area contributed by atoms with E-state index in [2.05, 4.69) is 4.98 Å². The van der Waals surface area contributed by atoms with Crippen molar-refractivity contribution in [1.29, 1.82) is 0 Å². The first-order valence-electron chi connectivity index (χ1n) is 7.98. The van der Waals surface area contributed by atoms with Crippen LogP contribution in [0, 0.1) is 0 Å². The van der Waals surface area contributed by atoms with E-state index in [1.165, 1.54) is 0 Å². The highest BCUT2D eigenvalue weighted by Crippen LogP contribution is 2.41. The number of ketones is 1. The van der Waals surface area contributed by atoms with E-state index in [0.717, 1.165) is 16.7 Å². The van der Waals surface area contributed by atoms with E-state index in [0.29, 0.717) is 26.5 Å². The highest BCUT2D eigenvalue weighted by atomic mass is 35.5. The first-order chi connectivity index (χ1) is 12.6. The van der Waals surface area contributed by atoms with Crippen molar-refractivity contribution in [3.63, 3.8) is 0 Å². The van der Waals surface area contributed by atoms with Gasteiger partial charge in [-0.3, -0.25) is 4.79 Å². The number of fused-ring (bicyclic) bond motifs is 1. The Labute approximate surface area is 166 Å². The van der Waals surface area contributed by atoms with Crippen LogP contribution in [0.1, 0.15) is 22.7 Å². The Morgan fingerprint density at radius 1 is 0.808 bits per heavy atom. The maximum absolute atomic E-state index is 12.7. The fourth-order valence-electron chi connectivity index (χ4n) is 3.25. The van der Waals surface area contributed by atoms with Gasteiger partial charge in [0.1, 0.15) is 5.15 Å². The summed E-state index contributed by atoms with van der Waals surface area (Å²) in [6.45, 7) is 0. The van der Waals surface area contributed by atoms with E-state index >= 15 is 0 Å². The Morgan fingerprint density at radius 2 is 1.50 bits per heavy atom. The van der Waals surface area contributed by atoms with Crippen molar-refractivity contribution < 1.29 is 4.79 Å². The summed E-state index contributed by atoms with van der Waals surface area (Å²) in [7, 11) is 0. The summed E-state index contributed by atoms with van der Waals surface area (Å²) >= 11 is 19.0. The summed E-state index contributed by atoms with van der Waals surface area (Å²) in [6, 6.07) is 16.6. The second-order valence-corrected chi connectivity index (χ2v) is 7.16. The van der Waals surface area contributed by atoms with Crippen molar-refractivity contribution in [2.75, 3.05) is 0 Å². The van der Waals surface area contributed by atoms with Crippen molar-refractivity contribution in [1.82, 2.24) is 4.98 Å². The molecule has 0 amide bonds. The Balaban J connectivity index is 1.99. The number of aromatic nitrogens is 1. The van der Waals surface area contributed by atoms with Gasteiger partial charge in [0.15, 0.2) is 5.78 Å². The zero-order valence-corrected chi connectivity index (χ0v) is 15.7. The van der Waals surface area contributed by atoms with Crippen LogP contribution in [0.3, 0.4) is 0 Å². The lowest BCUT2D eigenvalue weighted by Crippen LogP contribution is -2.19. The predicted molar refractivity (Wildman–Crippen MR) is 107 cm³/mol. The second-order valence-electron chi connectivity index (χ2n) is 5.96. The van der Waals surface area contributed by atoms with E-state index in [1.54, 1.807) is 24.3 Å². The Hall–Kier alpha value is -2.13. The van der Waals surface area contributed by atoms with Crippen LogP contribution >= 0.6 is 34.8 Å². The van der Waals surface area contributed by atoms with E-state index in [9.17, 15) is 4.79 Å². The van der Waals surface area contributed by atoms with E-state index < -0.39 is 5.92 Å². The van der Waals surface area contributed by atoms with Gasteiger partial charge >= 0.3 is 0 Å². The van der Waals surface area contributed by atoms with Gasteiger partial charge in [0, 0.05) is 21.2 Å². The fraction of sp³-hybridized carbons (Fsp3) is 0.0476. The second kappa shape index (κ2) is 6.88. The first-order valence-corrected chi connectivity index (χ1v) is 9.11. The zero-order chi connectivity index (χ0) is 18.3. The minimum Gasteiger partial charge on any atom is -0.294 e. The highest BCUT2D eigenvalue weighted by molar-refractivity contribution is 6.34. The lowest BCUT2D eigenvalue weighted by atomic mass is 9.82. The lowest BCUT2D eigenvalue weighted by Gasteiger charge is -2.23. The molecule has 0 saturated heterocycles. The molecule has 2 nitrogen and oxygen atoms in total. The standard InChI is InChI=1S/C21H12Cl3NO/c22-16-7-3-1-5-12(16)15-11-19(24)25-21-13(15)9-10-18(26)20(21)14-6-2-4-8-17(14)23/h1-11,20H. The summed E-state index contributed by atoms with van der Waals surface area (Å²) in [4.78, 5) is 17.2. The molecule has 0 spiro atoms. The minimum atomic E-state index is -0.594. The molecule has 0 fully saturated rings. The van der Waals surface area contributed by atoms with Gasteiger partial charge in [0.25, 0.3) is 0 Å². The summed E-state index contributed by atoms with van der Waals surface area (Å²) < 4.78 is 0. The number of halogens is 3. The maximum Gasteiger partial charge on any atom is 0.169 e. The Kier molecular flexibility index (Phi) is 4.58. The smallest absolute Gasteiger partial charge is 0.169 e. The number of hydrogen-bond acceptors (Lipinski definition) is 2. The average molecular weight is 401 g/mol. The van der Waals surface area contributed by atoms with Crippen molar-refractivity contribution in [2.45, 2.75) is 5.92 Å². The SMILES string of the molecule is O=C1C=Cc2c(-c3ccccc3Cl)cc(Cl)nc2C1c1ccccc1Cl. The first kappa shape index (κ1) is 17.3. The van der Waals surface area contributed by atoms with Crippen molar-refractivity contribution in [2.24, 2.45) is 0 Å². The van der Waals surface area contributed by atoms with Crippen LogP contribution < -0.4 is 0 Å². The van der Waals surface area contributed by atoms with Gasteiger partial charge < -0.3 is 0 Å². The van der Waals surface area contributed by atoms with E-state index in [4.69, 9.17) is 34.8 Å². The van der Waals surface area contributed by atoms with Gasteiger partial charge in [-0.05, 0) is 41.5 Å². The fourth-order valence-corrected chi connectivity index (χ4v) is 3.93. The molecule has 26 heavy (non-hydrogen) atoms. The van der Waals surface area contributed by atoms with Crippen LogP contribution in [0.2, 0.25) is 15.2 Å². The molecule has 0 saturated carbocycles. The van der Waals surface area contributed by atoms with Gasteiger partial charge in [-0.1, -0.05) is 71.2 Å². The lowest BCUT2D eigenvalue weighted by molar-refractivity contribution is -0.115. The van der Waals surface area contributed by atoms with Crippen LogP contribution in [-0.4, -0.2) is 10.8 Å². The maximum atomic E-state index is 12.7. The molecule has 0 aliphatic heterocycles. The molecule has 2 aromatic carbocycles. The summed E-state index contributed by atoms with van der Waals surface area (Å²) in [5, 5.41) is 1.43. The number of pyridine rings is 1. The molecule has 4 rings (SSSR count). The molecule has 0 N–H and O–H groups in total. The van der Waals surface area contributed by atoms with Crippen LogP contribution in [0.4, 0.5) is 0 Å². The molecule has 0 radical (unpaired) electrons. The Bertz CT molecular complexity index is 1060. The number of nitrogens with zero attached hydrogens (tertiary/aromatic N) is 1. The van der Waals surface area contributed by atoms with Crippen molar-refractivity contribution in [3.05, 3.63) is 92.7 Å². The quantitative estimate of drug-likeness (QED) is 0.463. The van der Waals surface area contributed by atoms with Crippen LogP contribution in [0.25, 0.3) is 17.2 Å². The molecule has 1 aromatic heterocycles.